The molecule has 0 bridgehead atoms. The fraction of sp³-hybridized carbons (Fsp3) is 0.167. The SMILES string of the molecule is CC(C)=C=COC(=O)c1cc([N+](=O)[O-])cc([N+](=O)[O-])c1. The second-order valence-electron chi connectivity index (χ2n) is 3.92. The Balaban J connectivity index is 3.17. The standard InChI is InChI=1S/C12H10N2O6/c1-8(2)3-4-20-12(15)9-5-10(13(16)17)7-11(6-9)14(18)19/h4-7H,1-2H3. The first-order valence-electron chi connectivity index (χ1n) is 5.34. The summed E-state index contributed by atoms with van der Waals surface area (Å²) in [6.45, 7) is 3.45. The summed E-state index contributed by atoms with van der Waals surface area (Å²) in [4.78, 5) is 31.3. The first kappa shape index (κ1) is 15.1. The molecule has 0 fully saturated rings. The highest BCUT2D eigenvalue weighted by atomic mass is 16.6. The van der Waals surface area contributed by atoms with Gasteiger partial charge in [-0.15, -0.1) is 0 Å². The lowest BCUT2D eigenvalue weighted by Gasteiger charge is -1.99. The minimum Gasteiger partial charge on any atom is -0.422 e. The number of nitro benzene ring substituents is 2. The van der Waals surface area contributed by atoms with Crippen molar-refractivity contribution in [2.45, 2.75) is 13.8 Å². The van der Waals surface area contributed by atoms with Crippen LogP contribution in [0.3, 0.4) is 0 Å². The smallest absolute Gasteiger partial charge is 0.344 e. The zero-order chi connectivity index (χ0) is 15.3. The Morgan fingerprint density at radius 3 is 2.05 bits per heavy atom. The molecule has 0 saturated heterocycles. The van der Waals surface area contributed by atoms with Gasteiger partial charge in [0.1, 0.15) is 6.26 Å². The molecule has 8 heteroatoms. The number of allylic oxidation sites excluding steroid dienone is 1. The second kappa shape index (κ2) is 6.26. The van der Waals surface area contributed by atoms with E-state index in [1.807, 2.05) is 0 Å². The molecule has 0 aliphatic rings. The Hall–Kier alpha value is -2.99. The van der Waals surface area contributed by atoms with Crippen LogP contribution >= 0.6 is 0 Å². The van der Waals surface area contributed by atoms with E-state index in [-0.39, 0.29) is 5.56 Å². The summed E-state index contributed by atoms with van der Waals surface area (Å²) in [5.41, 5.74) is 1.96. The molecule has 0 aliphatic carbocycles. The topological polar surface area (TPSA) is 113 Å². The van der Waals surface area contributed by atoms with Gasteiger partial charge in [-0.05, 0) is 19.4 Å². The molecule has 0 heterocycles. The largest absolute Gasteiger partial charge is 0.422 e. The van der Waals surface area contributed by atoms with Crippen LogP contribution < -0.4 is 0 Å². The van der Waals surface area contributed by atoms with Crippen LogP contribution in [0.4, 0.5) is 11.4 Å². The van der Waals surface area contributed by atoms with Gasteiger partial charge in [0.2, 0.25) is 0 Å². The quantitative estimate of drug-likeness (QED) is 0.275. The number of ether oxygens (including phenoxy) is 1. The summed E-state index contributed by atoms with van der Waals surface area (Å²) >= 11 is 0. The van der Waals surface area contributed by atoms with E-state index in [4.69, 9.17) is 0 Å². The lowest BCUT2D eigenvalue weighted by atomic mass is 10.2. The van der Waals surface area contributed by atoms with E-state index >= 15 is 0 Å². The molecule has 20 heavy (non-hydrogen) atoms. The molecule has 0 spiro atoms. The molecule has 8 nitrogen and oxygen atoms in total. The minimum absolute atomic E-state index is 0.280. The fourth-order valence-corrected chi connectivity index (χ4v) is 1.19. The van der Waals surface area contributed by atoms with Gasteiger partial charge in [-0.1, -0.05) is 5.73 Å². The molecule has 0 amide bonds. The zero-order valence-electron chi connectivity index (χ0n) is 10.7. The van der Waals surface area contributed by atoms with Gasteiger partial charge in [0.05, 0.1) is 21.5 Å². The van der Waals surface area contributed by atoms with Crippen LogP contribution in [-0.4, -0.2) is 15.8 Å². The maximum absolute atomic E-state index is 11.6. The third-order valence-electron chi connectivity index (χ3n) is 2.07. The van der Waals surface area contributed by atoms with Crippen LogP contribution in [0.15, 0.2) is 35.8 Å². The number of nitrogens with zero attached hydrogens (tertiary/aromatic N) is 2. The average molecular weight is 278 g/mol. The summed E-state index contributed by atoms with van der Waals surface area (Å²) in [7, 11) is 0. The molecule has 0 aliphatic heterocycles. The lowest BCUT2D eigenvalue weighted by Crippen LogP contribution is -2.03. The van der Waals surface area contributed by atoms with Gasteiger partial charge in [0.25, 0.3) is 11.4 Å². The monoisotopic (exact) mass is 278 g/mol. The average Bonchev–Trinajstić information content (AvgIpc) is 2.37. The Bertz CT molecular complexity index is 607. The maximum atomic E-state index is 11.6. The van der Waals surface area contributed by atoms with Gasteiger partial charge in [-0.3, -0.25) is 20.2 Å². The molecular weight excluding hydrogens is 268 g/mol. The van der Waals surface area contributed by atoms with Gasteiger partial charge in [0.15, 0.2) is 0 Å². The Morgan fingerprint density at radius 1 is 1.15 bits per heavy atom. The molecule has 1 rings (SSSR count). The van der Waals surface area contributed by atoms with Crippen LogP contribution in [-0.2, 0) is 4.74 Å². The molecule has 0 aromatic heterocycles. The fourth-order valence-electron chi connectivity index (χ4n) is 1.19. The molecule has 0 N–H and O–H groups in total. The first-order valence-corrected chi connectivity index (χ1v) is 5.34. The summed E-state index contributed by atoms with van der Waals surface area (Å²) in [6.07, 6.45) is 0.988. The van der Waals surface area contributed by atoms with E-state index in [0.29, 0.717) is 0 Å². The van der Waals surface area contributed by atoms with Crippen LogP contribution in [0.5, 0.6) is 0 Å². The summed E-state index contributed by atoms with van der Waals surface area (Å²) in [6, 6.07) is 2.58. The first-order chi connectivity index (χ1) is 9.31. The van der Waals surface area contributed by atoms with E-state index in [9.17, 15) is 25.0 Å². The lowest BCUT2D eigenvalue weighted by molar-refractivity contribution is -0.394. The highest BCUT2D eigenvalue weighted by Gasteiger charge is 2.20. The highest BCUT2D eigenvalue weighted by molar-refractivity contribution is 5.91. The number of benzene rings is 1. The summed E-state index contributed by atoms with van der Waals surface area (Å²) in [5.74, 6) is -0.939. The van der Waals surface area contributed by atoms with E-state index in [2.05, 4.69) is 10.5 Å². The molecule has 0 unspecified atom stereocenters. The van der Waals surface area contributed by atoms with E-state index < -0.39 is 27.2 Å². The van der Waals surface area contributed by atoms with E-state index in [1.54, 1.807) is 13.8 Å². The van der Waals surface area contributed by atoms with Crippen LogP contribution in [0.1, 0.15) is 24.2 Å². The zero-order valence-corrected chi connectivity index (χ0v) is 10.7. The molecular formula is C12H10N2O6. The van der Waals surface area contributed by atoms with Crippen molar-refractivity contribution in [3.63, 3.8) is 0 Å². The molecule has 0 atom stereocenters. The van der Waals surface area contributed by atoms with Crippen molar-refractivity contribution in [1.82, 2.24) is 0 Å². The number of hydrogen-bond acceptors (Lipinski definition) is 6. The van der Waals surface area contributed by atoms with E-state index in [0.717, 1.165) is 30.0 Å². The Labute approximate surface area is 113 Å². The van der Waals surface area contributed by atoms with Crippen molar-refractivity contribution in [2.24, 2.45) is 0 Å². The van der Waals surface area contributed by atoms with Crippen molar-refractivity contribution >= 4 is 17.3 Å². The van der Waals surface area contributed by atoms with Crippen molar-refractivity contribution < 1.29 is 19.4 Å². The number of hydrogen-bond donors (Lipinski definition) is 0. The molecule has 0 radical (unpaired) electrons. The predicted octanol–water partition coefficient (Wildman–Crippen LogP) is 2.74. The number of rotatable bonds is 4. The normalized spacial score (nSPS) is 9.30. The summed E-state index contributed by atoms with van der Waals surface area (Å²) in [5, 5.41) is 21.3. The van der Waals surface area contributed by atoms with Crippen molar-refractivity contribution in [3.8, 4) is 0 Å². The number of esters is 1. The molecule has 0 saturated carbocycles. The van der Waals surface area contributed by atoms with Crippen molar-refractivity contribution in [2.75, 3.05) is 0 Å². The van der Waals surface area contributed by atoms with Gasteiger partial charge >= 0.3 is 5.97 Å². The van der Waals surface area contributed by atoms with Crippen molar-refractivity contribution in [1.29, 1.82) is 0 Å². The predicted molar refractivity (Wildman–Crippen MR) is 68.1 cm³/mol. The Morgan fingerprint density at radius 2 is 1.65 bits per heavy atom. The number of carbonyl (C=O) groups excluding carboxylic acids is 1. The second-order valence-corrected chi connectivity index (χ2v) is 3.92. The number of non-ortho nitro benzene ring substituents is 2. The number of nitro groups is 2. The number of carbonyl (C=O) groups is 1. The van der Waals surface area contributed by atoms with Gasteiger partial charge in [-0.25, -0.2) is 4.79 Å². The van der Waals surface area contributed by atoms with E-state index in [1.165, 1.54) is 0 Å². The van der Waals surface area contributed by atoms with Gasteiger partial charge < -0.3 is 4.74 Å². The van der Waals surface area contributed by atoms with Gasteiger partial charge in [0, 0.05) is 12.1 Å². The van der Waals surface area contributed by atoms with Crippen LogP contribution in [0, 0.1) is 20.2 Å². The molecule has 1 aromatic rings. The summed E-state index contributed by atoms with van der Waals surface area (Å²) < 4.78 is 4.67. The molecule has 1 aromatic carbocycles. The maximum Gasteiger partial charge on any atom is 0.344 e. The van der Waals surface area contributed by atoms with Crippen LogP contribution in [0.2, 0.25) is 0 Å². The third-order valence-corrected chi connectivity index (χ3v) is 2.07. The third kappa shape index (κ3) is 4.04. The van der Waals surface area contributed by atoms with Gasteiger partial charge in [-0.2, -0.15) is 0 Å². The molecule has 104 valence electrons. The Kier molecular flexibility index (Phi) is 4.71. The minimum atomic E-state index is -0.939. The highest BCUT2D eigenvalue weighted by Crippen LogP contribution is 2.23. The van der Waals surface area contributed by atoms with Crippen molar-refractivity contribution in [3.05, 3.63) is 61.6 Å². The van der Waals surface area contributed by atoms with Crippen LogP contribution in [0.25, 0.3) is 0 Å².